The summed E-state index contributed by atoms with van der Waals surface area (Å²) in [4.78, 5) is 0. The first-order valence-electron chi connectivity index (χ1n) is 9.00. The highest BCUT2D eigenvalue weighted by Gasteiger charge is 2.76. The van der Waals surface area contributed by atoms with E-state index in [-0.39, 0.29) is 6.61 Å². The Morgan fingerprint density at radius 2 is 1.33 bits per heavy atom. The molecule has 0 heterocycles. The number of unbranched alkanes of at least 4 members (excludes halogenated alkanes) is 5. The predicted molar refractivity (Wildman–Crippen MR) is 83.0 cm³/mol. The molecule has 2 unspecified atom stereocenters. The molecule has 0 radical (unpaired) electrons. The third-order valence-electron chi connectivity index (χ3n) is 3.66. The molecule has 0 aliphatic rings. The smallest absolute Gasteiger partial charge is 0.388 e. The van der Waals surface area contributed by atoms with Gasteiger partial charge in [-0.2, -0.15) is 39.5 Å². The van der Waals surface area contributed by atoms with Gasteiger partial charge >= 0.3 is 24.3 Å². The maximum atomic E-state index is 13.2. The molecule has 4 nitrogen and oxygen atoms in total. The second-order valence-corrected chi connectivity index (χ2v) is 6.39. The van der Waals surface area contributed by atoms with Gasteiger partial charge in [0.2, 0.25) is 0 Å². The van der Waals surface area contributed by atoms with Crippen molar-refractivity contribution in [2.75, 3.05) is 19.8 Å². The lowest BCUT2D eigenvalue weighted by atomic mass is 10.1. The van der Waals surface area contributed by atoms with E-state index in [1.54, 1.807) is 0 Å². The van der Waals surface area contributed by atoms with E-state index in [2.05, 4.69) is 9.47 Å². The largest absolute Gasteiger partial charge is 0.462 e. The first-order valence-corrected chi connectivity index (χ1v) is 9.00. The standard InChI is InChI=1S/C16H24F10O4/c1-2-3-4-5-6-7-8-28-9-11(27)10-29-13(18,19)12(17)30-16(25,26)14(20,21)15(22,23)24/h11-12,27H,2-10H2,1H3. The first-order chi connectivity index (χ1) is 13.6. The van der Waals surface area contributed by atoms with Crippen LogP contribution in [-0.2, 0) is 14.2 Å². The fourth-order valence-electron chi connectivity index (χ4n) is 1.96. The van der Waals surface area contributed by atoms with Gasteiger partial charge in [0.15, 0.2) is 0 Å². The van der Waals surface area contributed by atoms with Gasteiger partial charge in [0, 0.05) is 6.61 Å². The number of aliphatic hydroxyl groups is 1. The first kappa shape index (κ1) is 29.1. The molecule has 0 amide bonds. The van der Waals surface area contributed by atoms with E-state index in [0.717, 1.165) is 32.1 Å². The van der Waals surface area contributed by atoms with Gasteiger partial charge in [0.25, 0.3) is 6.36 Å². The van der Waals surface area contributed by atoms with Gasteiger partial charge in [-0.05, 0) is 6.42 Å². The van der Waals surface area contributed by atoms with E-state index in [4.69, 9.17) is 4.74 Å². The monoisotopic (exact) mass is 470 g/mol. The number of alkyl halides is 10. The number of halogens is 10. The Hall–Kier alpha value is -0.860. The highest BCUT2D eigenvalue weighted by atomic mass is 19.4. The van der Waals surface area contributed by atoms with Crippen LogP contribution in [0.1, 0.15) is 45.4 Å². The molecule has 0 aromatic heterocycles. The Bertz CT molecular complexity index is 473. The SMILES string of the molecule is CCCCCCCCOCC(O)COC(F)(F)C(F)OC(F)(F)C(F)(F)C(F)(F)F. The van der Waals surface area contributed by atoms with E-state index >= 15 is 0 Å². The zero-order valence-corrected chi connectivity index (χ0v) is 16.0. The molecule has 0 aromatic rings. The number of aliphatic hydroxyl groups excluding tert-OH is 1. The fraction of sp³-hybridized carbons (Fsp3) is 1.00. The topological polar surface area (TPSA) is 47.9 Å². The summed E-state index contributed by atoms with van der Waals surface area (Å²) in [6.45, 7) is 0.254. The molecule has 14 heteroatoms. The molecule has 0 bridgehead atoms. The highest BCUT2D eigenvalue weighted by molar-refractivity contribution is 4.85. The summed E-state index contributed by atoms with van der Waals surface area (Å²) >= 11 is 0. The summed E-state index contributed by atoms with van der Waals surface area (Å²) < 4.78 is 137. The predicted octanol–water partition coefficient (Wildman–Crippen LogP) is 5.44. The lowest BCUT2D eigenvalue weighted by Gasteiger charge is -2.30. The third kappa shape index (κ3) is 9.52. The molecule has 0 aromatic carbocycles. The van der Waals surface area contributed by atoms with Crippen LogP contribution in [0.2, 0.25) is 0 Å². The van der Waals surface area contributed by atoms with Crippen molar-refractivity contribution in [2.24, 2.45) is 0 Å². The van der Waals surface area contributed by atoms with Crippen molar-refractivity contribution < 1.29 is 63.2 Å². The molecule has 1 N–H and O–H groups in total. The Morgan fingerprint density at radius 1 is 0.800 bits per heavy atom. The lowest BCUT2D eigenvalue weighted by molar-refractivity contribution is -0.465. The average Bonchev–Trinajstić information content (AvgIpc) is 2.60. The number of ether oxygens (including phenoxy) is 3. The van der Waals surface area contributed by atoms with Gasteiger partial charge in [-0.1, -0.05) is 39.0 Å². The summed E-state index contributed by atoms with van der Waals surface area (Å²) in [6, 6.07) is 0. The van der Waals surface area contributed by atoms with Crippen LogP contribution in [0, 0.1) is 0 Å². The van der Waals surface area contributed by atoms with Crippen LogP contribution in [0.3, 0.4) is 0 Å². The van der Waals surface area contributed by atoms with Crippen molar-refractivity contribution in [3.63, 3.8) is 0 Å². The van der Waals surface area contributed by atoms with Gasteiger partial charge in [0.1, 0.15) is 6.10 Å². The normalized spacial score (nSPS) is 16.0. The molecule has 0 spiro atoms. The van der Waals surface area contributed by atoms with Gasteiger partial charge in [-0.3, -0.25) is 4.74 Å². The van der Waals surface area contributed by atoms with Crippen molar-refractivity contribution in [2.45, 2.75) is 82.2 Å². The Labute approximate surface area is 166 Å². The van der Waals surface area contributed by atoms with Crippen molar-refractivity contribution >= 4 is 0 Å². The second-order valence-electron chi connectivity index (χ2n) is 6.39. The van der Waals surface area contributed by atoms with Crippen molar-refractivity contribution in [3.8, 4) is 0 Å². The number of rotatable bonds is 16. The highest BCUT2D eigenvalue weighted by Crippen LogP contribution is 2.48. The molecule has 30 heavy (non-hydrogen) atoms. The summed E-state index contributed by atoms with van der Waals surface area (Å²) in [5.41, 5.74) is 0. The Balaban J connectivity index is 4.37. The van der Waals surface area contributed by atoms with Crippen molar-refractivity contribution in [1.82, 2.24) is 0 Å². The average molecular weight is 470 g/mol. The summed E-state index contributed by atoms with van der Waals surface area (Å²) in [5, 5.41) is 9.37. The van der Waals surface area contributed by atoms with Crippen molar-refractivity contribution in [3.05, 3.63) is 0 Å². The van der Waals surface area contributed by atoms with E-state index in [1.807, 2.05) is 6.92 Å². The summed E-state index contributed by atoms with van der Waals surface area (Å²) in [7, 11) is 0. The summed E-state index contributed by atoms with van der Waals surface area (Å²) in [5.74, 6) is -6.94. The van der Waals surface area contributed by atoms with E-state index < -0.39 is 50.0 Å². The minimum Gasteiger partial charge on any atom is -0.388 e. The zero-order valence-electron chi connectivity index (χ0n) is 16.0. The molecule has 182 valence electrons. The van der Waals surface area contributed by atoms with Crippen LogP contribution in [0.5, 0.6) is 0 Å². The fourth-order valence-corrected chi connectivity index (χ4v) is 1.96. The molecule has 0 fully saturated rings. The molecule has 0 saturated heterocycles. The van der Waals surface area contributed by atoms with E-state index in [1.165, 1.54) is 0 Å². The maximum absolute atomic E-state index is 13.2. The molecule has 0 rings (SSSR count). The number of hydrogen-bond donors (Lipinski definition) is 1. The Kier molecular flexibility index (Phi) is 11.9. The van der Waals surface area contributed by atoms with Crippen LogP contribution in [-0.4, -0.2) is 61.7 Å². The minimum atomic E-state index is -6.94. The van der Waals surface area contributed by atoms with Gasteiger partial charge in [0.05, 0.1) is 13.2 Å². The molecule has 0 aliphatic heterocycles. The molecular formula is C16H24F10O4. The van der Waals surface area contributed by atoms with Crippen molar-refractivity contribution in [1.29, 1.82) is 0 Å². The second kappa shape index (κ2) is 12.2. The van der Waals surface area contributed by atoms with E-state index in [0.29, 0.717) is 6.42 Å². The van der Waals surface area contributed by atoms with Crippen LogP contribution in [0.25, 0.3) is 0 Å². The van der Waals surface area contributed by atoms with Gasteiger partial charge in [-0.25, -0.2) is 4.39 Å². The minimum absolute atomic E-state index is 0.160. The summed E-state index contributed by atoms with van der Waals surface area (Å²) in [6.07, 6.45) is -19.8. The van der Waals surface area contributed by atoms with Crippen LogP contribution in [0.4, 0.5) is 43.9 Å². The van der Waals surface area contributed by atoms with E-state index in [9.17, 15) is 49.0 Å². The van der Waals surface area contributed by atoms with Crippen LogP contribution < -0.4 is 0 Å². The van der Waals surface area contributed by atoms with Gasteiger partial charge in [-0.15, -0.1) is 0 Å². The quantitative estimate of drug-likeness (QED) is 0.241. The third-order valence-corrected chi connectivity index (χ3v) is 3.66. The molecular weight excluding hydrogens is 446 g/mol. The zero-order chi connectivity index (χ0) is 23.6. The molecule has 0 aliphatic carbocycles. The van der Waals surface area contributed by atoms with Crippen LogP contribution >= 0.6 is 0 Å². The van der Waals surface area contributed by atoms with Gasteiger partial charge < -0.3 is 14.6 Å². The van der Waals surface area contributed by atoms with Crippen LogP contribution in [0.15, 0.2) is 0 Å². The Morgan fingerprint density at radius 3 is 1.87 bits per heavy atom. The lowest BCUT2D eigenvalue weighted by Crippen LogP contribution is -2.56. The molecule has 2 atom stereocenters. The number of hydrogen-bond acceptors (Lipinski definition) is 4. The molecule has 0 saturated carbocycles. The maximum Gasteiger partial charge on any atom is 0.462 e.